The molecular formula is C27H29N3O4S. The highest BCUT2D eigenvalue weighted by Gasteiger charge is 2.27. The van der Waals surface area contributed by atoms with Crippen LogP contribution in [0.2, 0.25) is 0 Å². The van der Waals surface area contributed by atoms with E-state index in [1.54, 1.807) is 30.3 Å². The Morgan fingerprint density at radius 3 is 2.03 bits per heavy atom. The van der Waals surface area contributed by atoms with E-state index < -0.39 is 15.9 Å². The van der Waals surface area contributed by atoms with Crippen LogP contribution in [0, 0.1) is 0 Å². The zero-order valence-electron chi connectivity index (χ0n) is 19.5. The van der Waals surface area contributed by atoms with Crippen LogP contribution in [-0.4, -0.2) is 49.1 Å². The van der Waals surface area contributed by atoms with Crippen LogP contribution >= 0.6 is 0 Å². The lowest BCUT2D eigenvalue weighted by molar-refractivity contribution is -0.129. The summed E-state index contributed by atoms with van der Waals surface area (Å²) in [5.74, 6) is -0.330. The number of likely N-dealkylation sites (tertiary alicyclic amines) is 1. The summed E-state index contributed by atoms with van der Waals surface area (Å²) in [4.78, 5) is 27.2. The summed E-state index contributed by atoms with van der Waals surface area (Å²) in [6, 6.07) is 24.4. The Balaban J connectivity index is 1.43. The predicted molar refractivity (Wildman–Crippen MR) is 135 cm³/mol. The van der Waals surface area contributed by atoms with Crippen LogP contribution in [0.15, 0.2) is 89.8 Å². The molecule has 0 radical (unpaired) electrons. The average Bonchev–Trinajstić information content (AvgIpc) is 3.41. The van der Waals surface area contributed by atoms with Gasteiger partial charge in [0, 0.05) is 25.3 Å². The molecule has 182 valence electrons. The third-order valence-electron chi connectivity index (χ3n) is 5.95. The van der Waals surface area contributed by atoms with Gasteiger partial charge in [-0.3, -0.25) is 9.59 Å². The number of hydrogen-bond acceptors (Lipinski definition) is 4. The van der Waals surface area contributed by atoms with Gasteiger partial charge in [0.1, 0.15) is 0 Å². The number of nitrogens with one attached hydrogen (secondary N) is 1. The first-order valence-corrected chi connectivity index (χ1v) is 13.1. The Kier molecular flexibility index (Phi) is 7.94. The fraction of sp³-hybridized carbons (Fsp3) is 0.259. The number of anilines is 1. The van der Waals surface area contributed by atoms with Gasteiger partial charge in [0.25, 0.3) is 0 Å². The number of hydrogen-bond donors (Lipinski definition) is 1. The predicted octanol–water partition coefficient (Wildman–Crippen LogP) is 3.68. The molecule has 3 aromatic rings. The minimum atomic E-state index is -3.88. The maximum Gasteiger partial charge on any atom is 0.243 e. The van der Waals surface area contributed by atoms with E-state index in [2.05, 4.69) is 5.32 Å². The van der Waals surface area contributed by atoms with Crippen LogP contribution in [0.25, 0.3) is 0 Å². The number of amides is 2. The van der Waals surface area contributed by atoms with Crippen molar-refractivity contribution in [1.82, 2.24) is 9.21 Å². The Bertz CT molecular complexity index is 1240. The number of carbonyl (C=O) groups excluding carboxylic acids is 2. The van der Waals surface area contributed by atoms with Crippen molar-refractivity contribution < 1.29 is 18.0 Å². The zero-order valence-corrected chi connectivity index (χ0v) is 20.3. The van der Waals surface area contributed by atoms with Crippen molar-refractivity contribution in [3.8, 4) is 0 Å². The van der Waals surface area contributed by atoms with Crippen LogP contribution in [0.4, 0.5) is 5.69 Å². The lowest BCUT2D eigenvalue weighted by Gasteiger charge is -2.22. The van der Waals surface area contributed by atoms with Gasteiger partial charge in [-0.1, -0.05) is 60.7 Å². The monoisotopic (exact) mass is 491 g/mol. The van der Waals surface area contributed by atoms with E-state index in [1.165, 1.54) is 16.4 Å². The van der Waals surface area contributed by atoms with Crippen molar-refractivity contribution in [3.63, 3.8) is 0 Å². The Morgan fingerprint density at radius 1 is 0.800 bits per heavy atom. The molecule has 1 N–H and O–H groups in total. The summed E-state index contributed by atoms with van der Waals surface area (Å²) in [5.41, 5.74) is 2.20. The van der Waals surface area contributed by atoms with Gasteiger partial charge >= 0.3 is 0 Å². The molecule has 0 saturated carbocycles. The fourth-order valence-corrected chi connectivity index (χ4v) is 5.48. The van der Waals surface area contributed by atoms with E-state index in [9.17, 15) is 18.0 Å². The highest BCUT2D eigenvalue weighted by atomic mass is 32.2. The molecule has 2 amide bonds. The quantitative estimate of drug-likeness (QED) is 0.495. The van der Waals surface area contributed by atoms with Crippen molar-refractivity contribution in [2.45, 2.75) is 30.7 Å². The van der Waals surface area contributed by atoms with Crippen molar-refractivity contribution in [2.24, 2.45) is 0 Å². The van der Waals surface area contributed by atoms with Crippen molar-refractivity contribution in [3.05, 3.63) is 96.1 Å². The summed E-state index contributed by atoms with van der Waals surface area (Å²) in [6.07, 6.45) is 2.43. The highest BCUT2D eigenvalue weighted by molar-refractivity contribution is 7.89. The zero-order chi connectivity index (χ0) is 24.7. The molecule has 0 bridgehead atoms. The van der Waals surface area contributed by atoms with Crippen LogP contribution in [-0.2, 0) is 32.6 Å². The number of benzene rings is 3. The summed E-state index contributed by atoms with van der Waals surface area (Å²) in [7, 11) is -3.88. The molecule has 8 heteroatoms. The molecule has 0 unspecified atom stereocenters. The Hall–Kier alpha value is -3.49. The summed E-state index contributed by atoms with van der Waals surface area (Å²) < 4.78 is 27.8. The molecule has 1 heterocycles. The lowest BCUT2D eigenvalue weighted by atomic mass is 10.1. The maximum atomic E-state index is 13.3. The second-order valence-corrected chi connectivity index (χ2v) is 10.5. The molecule has 3 aromatic carbocycles. The van der Waals surface area contributed by atoms with E-state index in [0.717, 1.165) is 37.1 Å². The van der Waals surface area contributed by atoms with Crippen LogP contribution in [0.5, 0.6) is 0 Å². The largest absolute Gasteiger partial charge is 0.342 e. The van der Waals surface area contributed by atoms with Crippen LogP contribution in [0.1, 0.15) is 24.0 Å². The molecule has 0 spiro atoms. The fourth-order valence-electron chi connectivity index (χ4n) is 4.07. The topological polar surface area (TPSA) is 86.8 Å². The van der Waals surface area contributed by atoms with Crippen LogP contribution in [0.3, 0.4) is 0 Å². The molecule has 1 saturated heterocycles. The number of rotatable bonds is 9. The van der Waals surface area contributed by atoms with Gasteiger partial charge in [-0.05, 0) is 48.2 Å². The van der Waals surface area contributed by atoms with Gasteiger partial charge in [-0.15, -0.1) is 0 Å². The normalized spacial score (nSPS) is 13.7. The van der Waals surface area contributed by atoms with Crippen LogP contribution < -0.4 is 5.32 Å². The lowest BCUT2D eigenvalue weighted by Crippen LogP contribution is -2.37. The van der Waals surface area contributed by atoms with Gasteiger partial charge in [0.05, 0.1) is 17.9 Å². The Labute approximate surface area is 206 Å². The second-order valence-electron chi connectivity index (χ2n) is 8.58. The number of carbonyl (C=O) groups is 2. The van der Waals surface area contributed by atoms with Gasteiger partial charge < -0.3 is 10.2 Å². The molecule has 1 aliphatic rings. The molecule has 0 aromatic heterocycles. The minimum Gasteiger partial charge on any atom is -0.342 e. The molecule has 4 rings (SSSR count). The van der Waals surface area contributed by atoms with Gasteiger partial charge in [0.15, 0.2) is 0 Å². The van der Waals surface area contributed by atoms with E-state index in [0.29, 0.717) is 12.1 Å². The standard InChI is InChI=1S/C27H29N3O4S/c31-26(28-24-15-13-22(14-16-24)19-27(32)29-17-7-8-18-29)21-30(20-23-9-3-1-4-10-23)35(33,34)25-11-5-2-6-12-25/h1-6,9-16H,7-8,17-21H2,(H,28,31). The van der Waals surface area contributed by atoms with E-state index in [-0.39, 0.29) is 23.9 Å². The molecule has 1 aliphatic heterocycles. The van der Waals surface area contributed by atoms with E-state index in [1.807, 2.05) is 47.4 Å². The van der Waals surface area contributed by atoms with E-state index in [4.69, 9.17) is 0 Å². The third-order valence-corrected chi connectivity index (χ3v) is 7.76. The second kappa shape index (κ2) is 11.3. The highest BCUT2D eigenvalue weighted by Crippen LogP contribution is 2.19. The summed E-state index contributed by atoms with van der Waals surface area (Å²) >= 11 is 0. The molecular weight excluding hydrogens is 462 g/mol. The third kappa shape index (κ3) is 6.55. The smallest absolute Gasteiger partial charge is 0.243 e. The van der Waals surface area contributed by atoms with Crippen molar-refractivity contribution >= 4 is 27.5 Å². The number of sulfonamides is 1. The average molecular weight is 492 g/mol. The molecule has 0 atom stereocenters. The van der Waals surface area contributed by atoms with Gasteiger partial charge in [0.2, 0.25) is 21.8 Å². The number of nitrogens with zero attached hydrogens (tertiary/aromatic N) is 2. The first kappa shape index (κ1) is 24.6. The molecule has 7 nitrogen and oxygen atoms in total. The first-order chi connectivity index (χ1) is 16.9. The first-order valence-electron chi connectivity index (χ1n) is 11.7. The summed E-state index contributed by atoms with van der Waals surface area (Å²) in [6.45, 7) is 1.38. The summed E-state index contributed by atoms with van der Waals surface area (Å²) in [5, 5.41) is 2.78. The Morgan fingerprint density at radius 2 is 1.40 bits per heavy atom. The maximum absolute atomic E-state index is 13.3. The van der Waals surface area contributed by atoms with Gasteiger partial charge in [-0.2, -0.15) is 4.31 Å². The van der Waals surface area contributed by atoms with Crippen molar-refractivity contribution in [2.75, 3.05) is 25.0 Å². The molecule has 35 heavy (non-hydrogen) atoms. The van der Waals surface area contributed by atoms with Crippen molar-refractivity contribution in [1.29, 1.82) is 0 Å². The molecule has 0 aliphatic carbocycles. The molecule has 1 fully saturated rings. The van der Waals surface area contributed by atoms with Gasteiger partial charge in [-0.25, -0.2) is 8.42 Å². The SMILES string of the molecule is O=C(CN(Cc1ccccc1)S(=O)(=O)c1ccccc1)Nc1ccc(CC(=O)N2CCCC2)cc1. The minimum absolute atomic E-state index is 0.0725. The van der Waals surface area contributed by atoms with E-state index >= 15 is 0 Å².